The molecule has 124 valence electrons. The van der Waals surface area contributed by atoms with E-state index < -0.39 is 32.6 Å². The highest BCUT2D eigenvalue weighted by molar-refractivity contribution is 7.53. The highest BCUT2D eigenvalue weighted by atomic mass is 31.1. The third-order valence-electron chi connectivity index (χ3n) is 2.99. The molecule has 0 spiro atoms. The van der Waals surface area contributed by atoms with E-state index >= 15 is 0 Å². The van der Waals surface area contributed by atoms with Crippen LogP contribution in [-0.4, -0.2) is 41.5 Å². The van der Waals surface area contributed by atoms with Crippen molar-refractivity contribution in [3.63, 3.8) is 0 Å². The zero-order chi connectivity index (χ0) is 17.3. The third-order valence-corrected chi connectivity index (χ3v) is 19.5. The molecule has 1 nitrogen and oxygen atoms in total. The Morgan fingerprint density at radius 2 is 1.10 bits per heavy atom. The van der Waals surface area contributed by atoms with Gasteiger partial charge in [-0.1, -0.05) is 90.3 Å². The van der Waals surface area contributed by atoms with Gasteiger partial charge in [0.1, 0.15) is 16.5 Å². The van der Waals surface area contributed by atoms with Crippen LogP contribution in [0.3, 0.4) is 0 Å². The van der Waals surface area contributed by atoms with Crippen LogP contribution in [0.4, 0.5) is 0 Å². The van der Waals surface area contributed by atoms with Gasteiger partial charge in [-0.15, -0.1) is 0 Å². The molecule has 0 bridgehead atoms. The Morgan fingerprint density at radius 1 is 0.714 bits per heavy atom. The van der Waals surface area contributed by atoms with Crippen LogP contribution in [0.1, 0.15) is 0 Å². The molecule has 0 heterocycles. The summed E-state index contributed by atoms with van der Waals surface area (Å²) in [4.78, 5) is 1.72. The summed E-state index contributed by atoms with van der Waals surface area (Å²) in [5.41, 5.74) is 2.54. The van der Waals surface area contributed by atoms with Gasteiger partial charge in [0.15, 0.2) is 0 Å². The van der Waals surface area contributed by atoms with E-state index in [1.54, 1.807) is 4.92 Å². The average Bonchev–Trinajstić information content (AvgIpc) is 2.08. The van der Waals surface area contributed by atoms with Gasteiger partial charge >= 0.3 is 0 Å². The van der Waals surface area contributed by atoms with Gasteiger partial charge < -0.3 is 0 Å². The number of hydrogen-bond acceptors (Lipinski definition) is 1. The molecule has 0 aromatic heterocycles. The molecule has 0 atom stereocenters. The van der Waals surface area contributed by atoms with Crippen LogP contribution < -0.4 is 0 Å². The van der Waals surface area contributed by atoms with Crippen LogP contribution >= 0.6 is 8.35 Å². The van der Waals surface area contributed by atoms with Crippen molar-refractivity contribution in [3.8, 4) is 0 Å². The molecule has 0 aliphatic heterocycles. The Kier molecular flexibility index (Phi) is 7.35. The Morgan fingerprint density at radius 3 is 1.33 bits per heavy atom. The molecule has 0 rings (SSSR count). The number of allylic oxidation sites excluding steroid dienone is 1. The maximum Gasteiger partial charge on any atom is 0.120 e. The van der Waals surface area contributed by atoms with Crippen LogP contribution in [0.25, 0.3) is 0 Å². The number of rotatable bonds is 6. The van der Waals surface area contributed by atoms with Crippen molar-refractivity contribution in [1.29, 1.82) is 0 Å². The van der Waals surface area contributed by atoms with Gasteiger partial charge in [-0.05, 0) is 13.3 Å². The summed E-state index contributed by atoms with van der Waals surface area (Å²) in [6.45, 7) is 29.8. The zero-order valence-corrected chi connectivity index (χ0v) is 21.4. The van der Waals surface area contributed by atoms with Crippen LogP contribution in [0, 0.1) is 0 Å². The average molecular weight is 376 g/mol. The summed E-state index contributed by atoms with van der Waals surface area (Å²) in [5, 5.41) is 0. The van der Waals surface area contributed by atoms with Crippen molar-refractivity contribution in [2.24, 2.45) is 0 Å². The molecule has 0 saturated carbocycles. The molecule has 0 radical (unpaired) electrons. The fraction of sp³-hybridized carbons (Fsp3) is 0.800. The fourth-order valence-electron chi connectivity index (χ4n) is 2.18. The van der Waals surface area contributed by atoms with Crippen LogP contribution in [0.15, 0.2) is 11.8 Å². The van der Waals surface area contributed by atoms with Gasteiger partial charge in [0.25, 0.3) is 0 Å². The van der Waals surface area contributed by atoms with Gasteiger partial charge in [-0.3, -0.25) is 4.00 Å². The van der Waals surface area contributed by atoms with Gasteiger partial charge in [-0.25, -0.2) is 0 Å². The lowest BCUT2D eigenvalue weighted by Crippen LogP contribution is -2.54. The van der Waals surface area contributed by atoms with E-state index in [4.69, 9.17) is 0 Å². The van der Waals surface area contributed by atoms with E-state index in [1.165, 1.54) is 8.35 Å². The molecule has 0 aliphatic rings. The first-order chi connectivity index (χ1) is 8.94. The van der Waals surface area contributed by atoms with Crippen LogP contribution in [0.2, 0.25) is 78.6 Å². The van der Waals surface area contributed by atoms with E-state index in [0.717, 1.165) is 0 Å². The number of nitrogens with zero attached hydrogens (tertiary/aromatic N) is 1. The minimum absolute atomic E-state index is 1.12. The molecule has 6 heteroatoms. The second-order valence-corrected chi connectivity index (χ2v) is 32.5. The molecular formula is C15H38NPSi4. The molecule has 0 fully saturated rings. The monoisotopic (exact) mass is 375 g/mol. The molecule has 21 heavy (non-hydrogen) atoms. The number of hydrogen-bond donors (Lipinski definition) is 0. The van der Waals surface area contributed by atoms with E-state index in [9.17, 15) is 0 Å². The first-order valence-corrected chi connectivity index (χ1v) is 22.9. The fourth-order valence-corrected chi connectivity index (χ4v) is 17.3. The zero-order valence-electron chi connectivity index (χ0n) is 16.5. The molecule has 0 aromatic carbocycles. The first-order valence-electron chi connectivity index (χ1n) is 8.03. The highest BCUT2D eigenvalue weighted by Gasteiger charge is 2.35. The molecule has 0 N–H and O–H groups in total. The standard InChI is InChI=1S/C15H38NPSi4/c1-18(2,3)14-13-15(19(4,5)6)17-16(20(7,8)9)21(10,11)12/h13-14H,1-12H3. The lowest BCUT2D eigenvalue weighted by molar-refractivity contribution is 0.998. The summed E-state index contributed by atoms with van der Waals surface area (Å²) >= 11 is 0. The van der Waals surface area contributed by atoms with Crippen molar-refractivity contribution >= 4 is 45.9 Å². The second kappa shape index (κ2) is 7.10. The quantitative estimate of drug-likeness (QED) is 0.389. The lowest BCUT2D eigenvalue weighted by atomic mass is 10.7. The molecule has 0 amide bonds. The maximum atomic E-state index is 2.90. The molecule has 0 saturated heterocycles. The normalized spacial score (nSPS) is 16.1. The SMILES string of the molecule is C[Si](C)(C)C=CC(=PN([Si](C)(C)C)[Si](C)(C)C)[Si](C)(C)C. The minimum Gasteiger partial charge on any atom is -0.300 e. The van der Waals surface area contributed by atoms with Crippen LogP contribution in [-0.2, 0) is 0 Å². The Balaban J connectivity index is 5.86. The van der Waals surface area contributed by atoms with Gasteiger partial charge in [0.05, 0.1) is 16.1 Å². The molecule has 0 aromatic rings. The van der Waals surface area contributed by atoms with Crippen molar-refractivity contribution in [2.45, 2.75) is 78.6 Å². The smallest absolute Gasteiger partial charge is 0.120 e. The van der Waals surface area contributed by atoms with E-state index in [-0.39, 0.29) is 0 Å². The largest absolute Gasteiger partial charge is 0.300 e. The topological polar surface area (TPSA) is 3.24 Å². The first kappa shape index (κ1) is 21.7. The predicted octanol–water partition coefficient (Wildman–Crippen LogP) is 6.30. The summed E-state index contributed by atoms with van der Waals surface area (Å²) in [6.07, 6.45) is 2.52. The second-order valence-electron chi connectivity index (χ2n) is 10.1. The summed E-state index contributed by atoms with van der Waals surface area (Å²) in [6, 6.07) is 0. The predicted molar refractivity (Wildman–Crippen MR) is 116 cm³/mol. The van der Waals surface area contributed by atoms with Gasteiger partial charge in [0.2, 0.25) is 0 Å². The Hall–Kier alpha value is 0.738. The highest BCUT2D eigenvalue weighted by Crippen LogP contribution is 2.30. The van der Waals surface area contributed by atoms with Crippen molar-refractivity contribution in [2.75, 3.05) is 0 Å². The van der Waals surface area contributed by atoms with Gasteiger partial charge in [-0.2, -0.15) is 0 Å². The van der Waals surface area contributed by atoms with Crippen molar-refractivity contribution < 1.29 is 0 Å². The van der Waals surface area contributed by atoms with E-state index in [1.807, 2.05) is 0 Å². The molecule has 0 aliphatic carbocycles. The maximum absolute atomic E-state index is 2.90. The third kappa shape index (κ3) is 8.82. The lowest BCUT2D eigenvalue weighted by Gasteiger charge is -2.41. The summed E-state index contributed by atoms with van der Waals surface area (Å²) in [5.74, 6) is 0. The van der Waals surface area contributed by atoms with Crippen molar-refractivity contribution in [3.05, 3.63) is 11.8 Å². The van der Waals surface area contributed by atoms with E-state index in [2.05, 4.69) is 94.3 Å². The molecule has 0 unspecified atom stereocenters. The summed E-state index contributed by atoms with van der Waals surface area (Å²) in [7, 11) is -3.42. The van der Waals surface area contributed by atoms with Crippen molar-refractivity contribution in [1.82, 2.24) is 4.00 Å². The van der Waals surface area contributed by atoms with E-state index in [0.29, 0.717) is 0 Å². The Labute approximate surface area is 140 Å². The molecular weight excluding hydrogens is 337 g/mol. The minimum atomic E-state index is -1.28. The Bertz CT molecular complexity index is 389. The summed E-state index contributed by atoms with van der Waals surface area (Å²) < 4.78 is 2.90. The van der Waals surface area contributed by atoms with Crippen LogP contribution in [0.5, 0.6) is 0 Å². The van der Waals surface area contributed by atoms with Gasteiger partial charge in [0, 0.05) is 0 Å².